The lowest BCUT2D eigenvalue weighted by Gasteiger charge is -2.14. The van der Waals surface area contributed by atoms with Crippen LogP contribution in [0.1, 0.15) is 12.5 Å². The van der Waals surface area contributed by atoms with Crippen molar-refractivity contribution in [1.29, 1.82) is 0 Å². The summed E-state index contributed by atoms with van der Waals surface area (Å²) in [7, 11) is 0. The molecule has 4 heteroatoms. The number of benzene rings is 8. The highest BCUT2D eigenvalue weighted by atomic mass is 32.1. The smallest absolute Gasteiger partial charge is 0.0690 e. The molecule has 0 N–H and O–H groups in total. The van der Waals surface area contributed by atoms with Crippen molar-refractivity contribution in [1.82, 2.24) is 9.13 Å². The standard InChI is InChI=1S/C57H39N3S/c1-3-14-36(15-4-2)51-35-49-50(58-51)29-28-46-47-34-39(26-30-53(47)59(57(46)49)40-17-6-5-7-18-40)42-22-13-23-45-43-20-8-10-24-52(43)60(56(42)45)41-19-12-16-37(32-41)38-27-31-55-48(33-38)44-21-9-11-25-54(44)61-55/h3-34H,1,35H2,2H3/b15-4-,36-14+. The Morgan fingerprint density at radius 3 is 2.13 bits per heavy atom. The fraction of sp³-hybridized carbons (Fsp3) is 0.0351. The van der Waals surface area contributed by atoms with Crippen LogP contribution in [0.4, 0.5) is 5.69 Å². The molecule has 0 unspecified atom stereocenters. The van der Waals surface area contributed by atoms with E-state index in [-0.39, 0.29) is 0 Å². The average molecular weight is 798 g/mol. The molecule has 0 saturated heterocycles. The maximum absolute atomic E-state index is 5.18. The van der Waals surface area contributed by atoms with Gasteiger partial charge in [-0.3, -0.25) is 4.99 Å². The Kier molecular flexibility index (Phi) is 8.16. The third-order valence-electron chi connectivity index (χ3n) is 12.4. The van der Waals surface area contributed by atoms with Crippen LogP contribution in [0.5, 0.6) is 0 Å². The van der Waals surface area contributed by atoms with E-state index in [1.165, 1.54) is 91.6 Å². The summed E-state index contributed by atoms with van der Waals surface area (Å²) in [5, 5.41) is 7.56. The average Bonchev–Trinajstić information content (AvgIpc) is 4.08. The van der Waals surface area contributed by atoms with E-state index in [1.54, 1.807) is 0 Å². The quantitative estimate of drug-likeness (QED) is 0.143. The van der Waals surface area contributed by atoms with Crippen LogP contribution >= 0.6 is 11.3 Å². The highest BCUT2D eigenvalue weighted by Crippen LogP contribution is 2.45. The lowest BCUT2D eigenvalue weighted by atomic mass is 9.98. The zero-order valence-electron chi connectivity index (χ0n) is 33.6. The number of thiophene rings is 1. The zero-order valence-corrected chi connectivity index (χ0v) is 34.5. The van der Waals surface area contributed by atoms with Crippen LogP contribution in [0.2, 0.25) is 0 Å². The molecule has 1 aliphatic heterocycles. The molecular formula is C57H39N3S. The fourth-order valence-electron chi connectivity index (χ4n) is 9.78. The highest BCUT2D eigenvalue weighted by molar-refractivity contribution is 7.25. The summed E-state index contributed by atoms with van der Waals surface area (Å²) in [6.45, 7) is 6.03. The van der Waals surface area contributed by atoms with Gasteiger partial charge in [-0.25, -0.2) is 0 Å². The van der Waals surface area contributed by atoms with Crippen molar-refractivity contribution in [2.24, 2.45) is 4.99 Å². The van der Waals surface area contributed by atoms with Crippen molar-refractivity contribution in [3.63, 3.8) is 0 Å². The van der Waals surface area contributed by atoms with E-state index in [2.05, 4.69) is 204 Å². The van der Waals surface area contributed by atoms with E-state index in [0.717, 1.165) is 34.8 Å². The Hall–Kier alpha value is -7.53. The van der Waals surface area contributed by atoms with Gasteiger partial charge >= 0.3 is 0 Å². The molecular weight excluding hydrogens is 759 g/mol. The van der Waals surface area contributed by atoms with E-state index >= 15 is 0 Å². The lowest BCUT2D eigenvalue weighted by Crippen LogP contribution is -2.02. The molecule has 1 aliphatic rings. The number of rotatable bonds is 7. The molecule has 0 fully saturated rings. The first-order valence-electron chi connectivity index (χ1n) is 20.9. The van der Waals surface area contributed by atoms with Crippen molar-refractivity contribution < 1.29 is 0 Å². The minimum Gasteiger partial charge on any atom is -0.309 e. The number of hydrogen-bond donors (Lipinski definition) is 0. The fourth-order valence-corrected chi connectivity index (χ4v) is 10.9. The largest absolute Gasteiger partial charge is 0.309 e. The summed E-state index contributed by atoms with van der Waals surface area (Å²) in [4.78, 5) is 5.18. The van der Waals surface area contributed by atoms with Crippen LogP contribution in [0.3, 0.4) is 0 Å². The SMILES string of the molecule is C=C/C=C(\C=C/C)C1=Nc2ccc3c4cc(-c5cccc6c7ccccc7n(-c7cccc(-c8ccc9sc%10ccccc%10c9c8)c7)c56)ccc4n(-c4ccccc4)c3c2C1. The number of allylic oxidation sites excluding steroid dienone is 5. The number of nitrogens with zero attached hydrogens (tertiary/aromatic N) is 3. The summed E-state index contributed by atoms with van der Waals surface area (Å²) < 4.78 is 7.56. The Balaban J connectivity index is 1.06. The van der Waals surface area contributed by atoms with Gasteiger partial charge in [-0.15, -0.1) is 11.3 Å². The topological polar surface area (TPSA) is 22.2 Å². The number of fused-ring (bicyclic) bond motifs is 11. The van der Waals surface area contributed by atoms with Crippen LogP contribution in [0, 0.1) is 0 Å². The normalized spacial score (nSPS) is 13.1. The molecule has 288 valence electrons. The van der Waals surface area contributed by atoms with Gasteiger partial charge in [0.15, 0.2) is 0 Å². The Bertz CT molecular complexity index is 3700. The number of para-hydroxylation sites is 3. The molecule has 0 spiro atoms. The predicted octanol–water partition coefficient (Wildman–Crippen LogP) is 15.9. The van der Waals surface area contributed by atoms with E-state index in [9.17, 15) is 0 Å². The van der Waals surface area contributed by atoms with Gasteiger partial charge in [0.1, 0.15) is 0 Å². The minimum absolute atomic E-state index is 0.753. The van der Waals surface area contributed by atoms with Crippen molar-refractivity contribution in [2.75, 3.05) is 0 Å². The van der Waals surface area contributed by atoms with Gasteiger partial charge < -0.3 is 9.13 Å². The van der Waals surface area contributed by atoms with Crippen LogP contribution in [0.15, 0.2) is 211 Å². The van der Waals surface area contributed by atoms with Crippen LogP contribution in [-0.2, 0) is 6.42 Å². The molecule has 3 nitrogen and oxygen atoms in total. The van der Waals surface area contributed by atoms with E-state index in [1.807, 2.05) is 24.3 Å². The Labute approximate surface area is 357 Å². The molecule has 3 aromatic heterocycles. The maximum atomic E-state index is 5.18. The van der Waals surface area contributed by atoms with Gasteiger partial charge in [-0.05, 0) is 95.9 Å². The van der Waals surface area contributed by atoms with Gasteiger partial charge in [-0.1, -0.05) is 134 Å². The zero-order chi connectivity index (χ0) is 40.6. The van der Waals surface area contributed by atoms with Crippen LogP contribution < -0.4 is 0 Å². The molecule has 12 rings (SSSR count). The predicted molar refractivity (Wildman–Crippen MR) is 263 cm³/mol. The summed E-state index contributed by atoms with van der Waals surface area (Å²) in [5.74, 6) is 0. The first kappa shape index (κ1) is 35.4. The number of aromatic nitrogens is 2. The molecule has 0 saturated carbocycles. The summed E-state index contributed by atoms with van der Waals surface area (Å²) in [6.07, 6.45) is 8.86. The highest BCUT2D eigenvalue weighted by Gasteiger charge is 2.25. The van der Waals surface area contributed by atoms with Crippen LogP contribution in [-0.4, -0.2) is 14.8 Å². The van der Waals surface area contributed by atoms with Crippen LogP contribution in [0.25, 0.3) is 97.4 Å². The van der Waals surface area contributed by atoms with Crippen molar-refractivity contribution >= 4 is 86.5 Å². The molecule has 0 amide bonds. The van der Waals surface area contributed by atoms with E-state index in [4.69, 9.17) is 4.99 Å². The maximum Gasteiger partial charge on any atom is 0.0690 e. The lowest BCUT2D eigenvalue weighted by molar-refractivity contribution is 1.16. The van der Waals surface area contributed by atoms with Gasteiger partial charge in [0, 0.05) is 70.6 Å². The molecule has 0 radical (unpaired) electrons. The second kappa shape index (κ2) is 14.0. The minimum atomic E-state index is 0.753. The second-order valence-electron chi connectivity index (χ2n) is 15.9. The molecule has 8 aromatic carbocycles. The molecule has 11 aromatic rings. The second-order valence-corrected chi connectivity index (χ2v) is 17.0. The summed E-state index contributed by atoms with van der Waals surface area (Å²) >= 11 is 1.86. The Morgan fingerprint density at radius 2 is 1.25 bits per heavy atom. The number of hydrogen-bond acceptors (Lipinski definition) is 2. The first-order valence-corrected chi connectivity index (χ1v) is 21.7. The van der Waals surface area contributed by atoms with Gasteiger partial charge in [0.2, 0.25) is 0 Å². The summed E-state index contributed by atoms with van der Waals surface area (Å²) in [6, 6.07) is 62.6. The summed E-state index contributed by atoms with van der Waals surface area (Å²) in [5.41, 5.74) is 16.3. The molecule has 0 bridgehead atoms. The third kappa shape index (κ3) is 5.53. The van der Waals surface area contributed by atoms with Crippen molar-refractivity contribution in [3.8, 4) is 33.6 Å². The monoisotopic (exact) mass is 797 g/mol. The van der Waals surface area contributed by atoms with E-state index in [0.29, 0.717) is 0 Å². The Morgan fingerprint density at radius 1 is 0.557 bits per heavy atom. The molecule has 61 heavy (non-hydrogen) atoms. The van der Waals surface area contributed by atoms with Gasteiger partial charge in [0.25, 0.3) is 0 Å². The molecule has 0 atom stereocenters. The van der Waals surface area contributed by atoms with Gasteiger partial charge in [-0.2, -0.15) is 0 Å². The first-order chi connectivity index (χ1) is 30.2. The number of aliphatic imine (C=N–C) groups is 1. The van der Waals surface area contributed by atoms with Crippen molar-refractivity contribution in [2.45, 2.75) is 13.3 Å². The molecule has 4 heterocycles. The van der Waals surface area contributed by atoms with Crippen molar-refractivity contribution in [3.05, 3.63) is 212 Å². The van der Waals surface area contributed by atoms with Gasteiger partial charge in [0.05, 0.1) is 33.5 Å². The third-order valence-corrected chi connectivity index (χ3v) is 13.6. The molecule has 0 aliphatic carbocycles. The van der Waals surface area contributed by atoms with E-state index < -0.39 is 0 Å².